The number of hydrogen-bond donors (Lipinski definition) is 2. The average molecular weight is 617 g/mol. The van der Waals surface area contributed by atoms with Crippen LogP contribution in [-0.4, -0.2) is 46.0 Å². The molecule has 3 atom stereocenters. The van der Waals surface area contributed by atoms with Crippen LogP contribution in [0.1, 0.15) is 58.3 Å². The summed E-state index contributed by atoms with van der Waals surface area (Å²) in [6.45, 7) is -0.0236. The standard InChI is InChI=1S/C30H28Cl3N3O5/c31-20-10-8-18(9-11-20)17-41-34-28(38)26-22-6-1-2-7-23(22)30(40)36(27(26)24-13-12-21(32)15-25(24)33)35-14-4-3-5-19(16-37)29(35)39/h1-2,6-13,15,19,26-27,37H,3-5,14,16-17H2,(H,34,38). The predicted octanol–water partition coefficient (Wildman–Crippen LogP) is 5.71. The van der Waals surface area contributed by atoms with Gasteiger partial charge < -0.3 is 5.11 Å². The van der Waals surface area contributed by atoms with Gasteiger partial charge in [-0.2, -0.15) is 0 Å². The lowest BCUT2D eigenvalue weighted by Gasteiger charge is -2.47. The predicted molar refractivity (Wildman–Crippen MR) is 155 cm³/mol. The molecule has 3 unspecified atom stereocenters. The molecule has 41 heavy (non-hydrogen) atoms. The average Bonchev–Trinajstić information content (AvgIpc) is 3.15. The summed E-state index contributed by atoms with van der Waals surface area (Å²) < 4.78 is 0. The maximum absolute atomic E-state index is 14.2. The largest absolute Gasteiger partial charge is 0.396 e. The highest BCUT2D eigenvalue weighted by Gasteiger charge is 2.49. The molecule has 0 spiro atoms. The number of carbonyl (C=O) groups is 3. The second kappa shape index (κ2) is 12.8. The minimum atomic E-state index is -1.01. The number of hydroxylamine groups is 1. The number of benzene rings is 3. The summed E-state index contributed by atoms with van der Waals surface area (Å²) in [5, 5.41) is 13.9. The highest BCUT2D eigenvalue weighted by Crippen LogP contribution is 2.46. The van der Waals surface area contributed by atoms with Gasteiger partial charge in [0.2, 0.25) is 5.91 Å². The third-order valence-electron chi connectivity index (χ3n) is 7.46. The topological polar surface area (TPSA) is 99.2 Å². The first-order valence-electron chi connectivity index (χ1n) is 13.3. The van der Waals surface area contributed by atoms with Crippen molar-refractivity contribution in [3.05, 3.63) is 104 Å². The summed E-state index contributed by atoms with van der Waals surface area (Å²) in [6, 6.07) is 17.6. The fourth-order valence-corrected chi connectivity index (χ4v) is 6.08. The van der Waals surface area contributed by atoms with Crippen molar-refractivity contribution >= 4 is 52.5 Å². The molecule has 3 aromatic carbocycles. The second-order valence-electron chi connectivity index (χ2n) is 10.0. The molecule has 0 aliphatic carbocycles. The Hall–Kier alpha value is -3.14. The van der Waals surface area contributed by atoms with E-state index in [0.29, 0.717) is 40.4 Å². The van der Waals surface area contributed by atoms with Crippen LogP contribution in [0.4, 0.5) is 0 Å². The normalized spacial score (nSPS) is 20.9. The number of hydrazine groups is 1. The quantitative estimate of drug-likeness (QED) is 0.331. The third-order valence-corrected chi connectivity index (χ3v) is 8.27. The van der Waals surface area contributed by atoms with Crippen molar-refractivity contribution in [2.24, 2.45) is 5.92 Å². The fourth-order valence-electron chi connectivity index (χ4n) is 5.44. The molecule has 0 radical (unpaired) electrons. The van der Waals surface area contributed by atoms with Gasteiger partial charge in [-0.15, -0.1) is 0 Å². The van der Waals surface area contributed by atoms with Gasteiger partial charge in [-0.3, -0.25) is 24.2 Å². The number of carbonyl (C=O) groups excluding carboxylic acids is 3. The highest BCUT2D eigenvalue weighted by atomic mass is 35.5. The lowest BCUT2D eigenvalue weighted by atomic mass is 9.80. The van der Waals surface area contributed by atoms with Crippen LogP contribution in [0.15, 0.2) is 66.7 Å². The van der Waals surface area contributed by atoms with Crippen LogP contribution in [0, 0.1) is 5.92 Å². The van der Waals surface area contributed by atoms with E-state index in [-0.39, 0.29) is 36.3 Å². The molecule has 2 aliphatic heterocycles. The van der Waals surface area contributed by atoms with Gasteiger partial charge in [0.25, 0.3) is 11.8 Å². The first kappa shape index (κ1) is 29.4. The number of rotatable bonds is 7. The van der Waals surface area contributed by atoms with E-state index in [0.717, 1.165) is 5.56 Å². The zero-order chi connectivity index (χ0) is 29.1. The molecule has 3 aromatic rings. The van der Waals surface area contributed by atoms with Crippen LogP contribution in [0.25, 0.3) is 0 Å². The maximum atomic E-state index is 14.2. The van der Waals surface area contributed by atoms with Crippen LogP contribution in [0.2, 0.25) is 15.1 Å². The Morgan fingerprint density at radius 1 is 0.951 bits per heavy atom. The molecule has 8 nitrogen and oxygen atoms in total. The fraction of sp³-hybridized carbons (Fsp3) is 0.300. The molecular formula is C30H28Cl3N3O5. The lowest BCUT2D eigenvalue weighted by Crippen LogP contribution is -2.57. The van der Waals surface area contributed by atoms with Crippen LogP contribution < -0.4 is 5.48 Å². The molecule has 1 fully saturated rings. The molecule has 2 N–H and O–H groups in total. The summed E-state index contributed by atoms with van der Waals surface area (Å²) in [5.74, 6) is -3.03. The number of fused-ring (bicyclic) bond motifs is 1. The summed E-state index contributed by atoms with van der Waals surface area (Å²) in [5.41, 5.74) is 4.53. The van der Waals surface area contributed by atoms with Gasteiger partial charge in [0.1, 0.15) is 0 Å². The smallest absolute Gasteiger partial charge is 0.273 e. The molecule has 2 aliphatic rings. The zero-order valence-electron chi connectivity index (χ0n) is 21.9. The Labute approximate surface area is 252 Å². The summed E-state index contributed by atoms with van der Waals surface area (Å²) >= 11 is 18.9. The third kappa shape index (κ3) is 6.08. The number of halogens is 3. The van der Waals surface area contributed by atoms with E-state index >= 15 is 0 Å². The molecule has 3 amide bonds. The minimum absolute atomic E-state index is 0.0785. The van der Waals surface area contributed by atoms with E-state index in [2.05, 4.69) is 5.48 Å². The zero-order valence-corrected chi connectivity index (χ0v) is 24.2. The van der Waals surface area contributed by atoms with Crippen molar-refractivity contribution in [3.8, 4) is 0 Å². The van der Waals surface area contributed by atoms with Crippen LogP contribution in [0.3, 0.4) is 0 Å². The monoisotopic (exact) mass is 615 g/mol. The number of amides is 3. The van der Waals surface area contributed by atoms with Crippen molar-refractivity contribution in [1.29, 1.82) is 0 Å². The van der Waals surface area contributed by atoms with E-state index in [1.165, 1.54) is 16.1 Å². The van der Waals surface area contributed by atoms with Crippen molar-refractivity contribution in [2.75, 3.05) is 13.2 Å². The first-order chi connectivity index (χ1) is 19.8. The highest BCUT2D eigenvalue weighted by molar-refractivity contribution is 6.35. The van der Waals surface area contributed by atoms with Gasteiger partial charge in [0.15, 0.2) is 0 Å². The maximum Gasteiger partial charge on any atom is 0.273 e. The number of aliphatic hydroxyl groups excluding tert-OH is 1. The molecule has 1 saturated heterocycles. The Bertz CT molecular complexity index is 1450. The Balaban J connectivity index is 1.58. The summed E-state index contributed by atoms with van der Waals surface area (Å²) in [7, 11) is 0. The Morgan fingerprint density at radius 3 is 2.41 bits per heavy atom. The van der Waals surface area contributed by atoms with E-state index < -0.39 is 29.7 Å². The lowest BCUT2D eigenvalue weighted by molar-refractivity contribution is -0.157. The van der Waals surface area contributed by atoms with E-state index in [9.17, 15) is 19.5 Å². The molecule has 5 rings (SSSR count). The minimum Gasteiger partial charge on any atom is -0.396 e. The van der Waals surface area contributed by atoms with Crippen LogP contribution >= 0.6 is 34.8 Å². The Kier molecular flexibility index (Phi) is 9.16. The molecule has 11 heteroatoms. The number of nitrogens with one attached hydrogen (secondary N) is 1. The molecule has 2 heterocycles. The first-order valence-corrected chi connectivity index (χ1v) is 14.4. The van der Waals surface area contributed by atoms with Gasteiger partial charge in [0, 0.05) is 27.2 Å². The number of nitrogens with zero attached hydrogens (tertiary/aromatic N) is 2. The van der Waals surface area contributed by atoms with E-state index in [1.54, 1.807) is 60.7 Å². The second-order valence-corrected chi connectivity index (χ2v) is 11.3. The van der Waals surface area contributed by atoms with Crippen LogP contribution in [-0.2, 0) is 21.0 Å². The van der Waals surface area contributed by atoms with Crippen molar-refractivity contribution in [3.63, 3.8) is 0 Å². The Morgan fingerprint density at radius 2 is 1.68 bits per heavy atom. The van der Waals surface area contributed by atoms with Crippen molar-refractivity contribution < 1.29 is 24.3 Å². The van der Waals surface area contributed by atoms with E-state index in [1.807, 2.05) is 0 Å². The summed E-state index contributed by atoms with van der Waals surface area (Å²) in [4.78, 5) is 47.4. The van der Waals surface area contributed by atoms with Gasteiger partial charge in [-0.1, -0.05) is 77.6 Å². The molecular weight excluding hydrogens is 589 g/mol. The van der Waals surface area contributed by atoms with Crippen LogP contribution in [0.5, 0.6) is 0 Å². The summed E-state index contributed by atoms with van der Waals surface area (Å²) in [6.07, 6.45) is 1.83. The number of aliphatic hydroxyl groups is 1. The number of hydrogen-bond acceptors (Lipinski definition) is 5. The molecule has 214 valence electrons. The molecule has 0 aromatic heterocycles. The van der Waals surface area contributed by atoms with Gasteiger partial charge >= 0.3 is 0 Å². The van der Waals surface area contributed by atoms with Gasteiger partial charge in [0.05, 0.1) is 31.1 Å². The molecule has 0 bridgehead atoms. The van der Waals surface area contributed by atoms with Gasteiger partial charge in [-0.05, 0) is 59.9 Å². The van der Waals surface area contributed by atoms with Crippen molar-refractivity contribution in [2.45, 2.75) is 37.8 Å². The van der Waals surface area contributed by atoms with Crippen molar-refractivity contribution in [1.82, 2.24) is 15.5 Å². The van der Waals surface area contributed by atoms with Gasteiger partial charge in [-0.25, -0.2) is 10.5 Å². The van der Waals surface area contributed by atoms with E-state index in [4.69, 9.17) is 39.6 Å². The SMILES string of the molecule is O=C(NOCc1ccc(Cl)cc1)C1c2ccccc2C(=O)N(N2CCCCC(CO)C2=O)C1c1ccc(Cl)cc1Cl. The molecule has 0 saturated carbocycles.